The molecule has 2 aromatic rings. The van der Waals surface area contributed by atoms with Crippen molar-refractivity contribution in [1.82, 2.24) is 0 Å². The Morgan fingerprint density at radius 3 is 1.13 bits per heavy atom. The summed E-state index contributed by atoms with van der Waals surface area (Å²) >= 11 is 0. The van der Waals surface area contributed by atoms with Gasteiger partial charge in [-0.1, -0.05) is 24.3 Å². The lowest BCUT2D eigenvalue weighted by atomic mass is 10.1. The van der Waals surface area contributed by atoms with Gasteiger partial charge in [-0.25, -0.2) is 0 Å². The first-order valence-corrected chi connectivity index (χ1v) is 6.80. The molecule has 23 heavy (non-hydrogen) atoms. The molecule has 7 heteroatoms. The van der Waals surface area contributed by atoms with Crippen LogP contribution < -0.4 is 5.32 Å². The average Bonchev–Trinajstić information content (AvgIpc) is 2.46. The Labute approximate surface area is 128 Å². The molecule has 2 N–H and O–H groups in total. The number of alkyl halides is 6. The summed E-state index contributed by atoms with van der Waals surface area (Å²) in [7, 11) is 0. The van der Waals surface area contributed by atoms with Crippen LogP contribution in [0.15, 0.2) is 48.5 Å². The summed E-state index contributed by atoms with van der Waals surface area (Å²) in [4.78, 5) is 0. The van der Waals surface area contributed by atoms with E-state index in [4.69, 9.17) is 0 Å². The van der Waals surface area contributed by atoms with Gasteiger partial charge in [0.25, 0.3) is 0 Å². The summed E-state index contributed by atoms with van der Waals surface area (Å²) in [5, 5.41) is 1.81. The fraction of sp³-hybridized carbons (Fsp3) is 0.250. The molecule has 0 aliphatic heterocycles. The number of hydrogen-bond acceptors (Lipinski definition) is 0. The molecule has 0 saturated heterocycles. The minimum absolute atomic E-state index is 0.444. The Bertz CT molecular complexity index is 568. The lowest BCUT2D eigenvalue weighted by Crippen LogP contribution is -2.80. The minimum atomic E-state index is -4.36. The summed E-state index contributed by atoms with van der Waals surface area (Å²) in [6.45, 7) is 0.887. The zero-order valence-electron chi connectivity index (χ0n) is 11.9. The SMILES string of the molecule is FC(F)(F)c1ccc(C[NH2+]Cc2ccc(C(F)(F)F)cc2)cc1. The lowest BCUT2D eigenvalue weighted by Gasteiger charge is -2.08. The molecular formula is C16H14F6N+. The van der Waals surface area contributed by atoms with Crippen LogP contribution in [0.1, 0.15) is 22.3 Å². The molecule has 0 amide bonds. The first-order valence-electron chi connectivity index (χ1n) is 6.80. The molecule has 0 aliphatic carbocycles. The molecule has 0 aromatic heterocycles. The van der Waals surface area contributed by atoms with Crippen LogP contribution in [-0.2, 0) is 25.4 Å². The predicted molar refractivity (Wildman–Crippen MR) is 72.2 cm³/mol. The second kappa shape index (κ2) is 6.62. The predicted octanol–water partition coefficient (Wildman–Crippen LogP) is 3.99. The summed E-state index contributed by atoms with van der Waals surface area (Å²) in [6, 6.07) is 9.64. The quantitative estimate of drug-likeness (QED) is 0.815. The summed E-state index contributed by atoms with van der Waals surface area (Å²) in [6.07, 6.45) is -8.72. The third-order valence-corrected chi connectivity index (χ3v) is 3.32. The van der Waals surface area contributed by atoms with Crippen LogP contribution in [0.25, 0.3) is 0 Å². The van der Waals surface area contributed by atoms with Gasteiger partial charge in [-0.2, -0.15) is 26.3 Å². The molecule has 0 fully saturated rings. The summed E-state index contributed by atoms with van der Waals surface area (Å²) in [5.41, 5.74) is 0.0165. The van der Waals surface area contributed by atoms with Gasteiger partial charge in [-0.15, -0.1) is 0 Å². The van der Waals surface area contributed by atoms with Crippen LogP contribution in [-0.4, -0.2) is 0 Å². The third kappa shape index (κ3) is 4.99. The van der Waals surface area contributed by atoms with E-state index >= 15 is 0 Å². The summed E-state index contributed by atoms with van der Waals surface area (Å²) < 4.78 is 74.5. The molecular weight excluding hydrogens is 320 g/mol. The van der Waals surface area contributed by atoms with E-state index in [9.17, 15) is 26.3 Å². The molecule has 2 aromatic carbocycles. The maximum atomic E-state index is 12.4. The number of halogens is 6. The normalized spacial score (nSPS) is 12.4. The molecule has 0 saturated carbocycles. The highest BCUT2D eigenvalue weighted by Gasteiger charge is 2.30. The van der Waals surface area contributed by atoms with E-state index < -0.39 is 23.5 Å². The number of hydrogen-bond donors (Lipinski definition) is 1. The first kappa shape index (κ1) is 17.3. The van der Waals surface area contributed by atoms with Crippen molar-refractivity contribution < 1.29 is 31.7 Å². The molecule has 0 heterocycles. The van der Waals surface area contributed by atoms with E-state index in [0.29, 0.717) is 24.2 Å². The van der Waals surface area contributed by atoms with Crippen molar-refractivity contribution in [2.75, 3.05) is 0 Å². The van der Waals surface area contributed by atoms with Crippen molar-refractivity contribution in [3.63, 3.8) is 0 Å². The van der Waals surface area contributed by atoms with Gasteiger partial charge in [0.2, 0.25) is 0 Å². The van der Waals surface area contributed by atoms with Crippen LogP contribution >= 0.6 is 0 Å². The number of rotatable bonds is 4. The molecule has 0 aliphatic rings. The van der Waals surface area contributed by atoms with Crippen molar-refractivity contribution in [3.05, 3.63) is 70.8 Å². The average molecular weight is 334 g/mol. The maximum absolute atomic E-state index is 12.4. The summed E-state index contributed by atoms with van der Waals surface area (Å²) in [5.74, 6) is 0. The third-order valence-electron chi connectivity index (χ3n) is 3.32. The van der Waals surface area contributed by atoms with Gasteiger partial charge < -0.3 is 5.32 Å². The van der Waals surface area contributed by atoms with Crippen LogP contribution in [0.2, 0.25) is 0 Å². The van der Waals surface area contributed by atoms with Gasteiger partial charge in [0.1, 0.15) is 13.1 Å². The minimum Gasteiger partial charge on any atom is -0.339 e. The van der Waals surface area contributed by atoms with Crippen LogP contribution in [0.4, 0.5) is 26.3 Å². The molecule has 0 bridgehead atoms. The van der Waals surface area contributed by atoms with Gasteiger partial charge in [-0.3, -0.25) is 0 Å². The van der Waals surface area contributed by atoms with Crippen LogP contribution in [0.3, 0.4) is 0 Å². The van der Waals surface area contributed by atoms with E-state index in [0.717, 1.165) is 24.3 Å². The zero-order valence-corrected chi connectivity index (χ0v) is 11.9. The molecule has 0 radical (unpaired) electrons. The second-order valence-corrected chi connectivity index (χ2v) is 5.09. The van der Waals surface area contributed by atoms with Crippen molar-refractivity contribution in [1.29, 1.82) is 0 Å². The van der Waals surface area contributed by atoms with Gasteiger partial charge in [0, 0.05) is 11.1 Å². The van der Waals surface area contributed by atoms with Crippen LogP contribution in [0.5, 0.6) is 0 Å². The Kier molecular flexibility index (Phi) is 4.99. The number of benzene rings is 2. The van der Waals surface area contributed by atoms with Gasteiger partial charge >= 0.3 is 12.4 Å². The molecule has 0 atom stereocenters. The molecule has 1 nitrogen and oxygen atoms in total. The van der Waals surface area contributed by atoms with Gasteiger partial charge in [0.15, 0.2) is 0 Å². The van der Waals surface area contributed by atoms with Crippen LogP contribution in [0, 0.1) is 0 Å². The first-order chi connectivity index (χ1) is 10.7. The Morgan fingerprint density at radius 2 is 0.870 bits per heavy atom. The number of nitrogens with two attached hydrogens (primary N) is 1. The largest absolute Gasteiger partial charge is 0.416 e. The van der Waals surface area contributed by atoms with E-state index in [2.05, 4.69) is 0 Å². The Morgan fingerprint density at radius 1 is 0.565 bits per heavy atom. The smallest absolute Gasteiger partial charge is 0.339 e. The second-order valence-electron chi connectivity index (χ2n) is 5.09. The highest BCUT2D eigenvalue weighted by atomic mass is 19.4. The Hall–Kier alpha value is -2.02. The van der Waals surface area contributed by atoms with E-state index in [1.165, 1.54) is 24.3 Å². The number of quaternary nitrogens is 1. The fourth-order valence-electron chi connectivity index (χ4n) is 2.07. The standard InChI is InChI=1S/C16H13F6N/c17-15(18,19)13-5-1-11(2-6-13)9-23-10-12-3-7-14(8-4-12)16(20,21)22/h1-8,23H,9-10H2/p+1. The van der Waals surface area contributed by atoms with Crippen molar-refractivity contribution in [2.45, 2.75) is 25.4 Å². The maximum Gasteiger partial charge on any atom is 0.416 e. The van der Waals surface area contributed by atoms with Gasteiger partial charge in [0.05, 0.1) is 11.1 Å². The lowest BCUT2D eigenvalue weighted by molar-refractivity contribution is -0.686. The topological polar surface area (TPSA) is 16.6 Å². The molecule has 0 unspecified atom stereocenters. The Balaban J connectivity index is 1.87. The molecule has 2 rings (SSSR count). The monoisotopic (exact) mass is 334 g/mol. The van der Waals surface area contributed by atoms with Crippen molar-refractivity contribution in [3.8, 4) is 0 Å². The highest BCUT2D eigenvalue weighted by molar-refractivity contribution is 5.25. The highest BCUT2D eigenvalue weighted by Crippen LogP contribution is 2.29. The molecule has 0 spiro atoms. The van der Waals surface area contributed by atoms with Crippen molar-refractivity contribution in [2.24, 2.45) is 0 Å². The van der Waals surface area contributed by atoms with Crippen molar-refractivity contribution >= 4 is 0 Å². The molecule has 124 valence electrons. The van der Waals surface area contributed by atoms with E-state index in [1.54, 1.807) is 0 Å². The fourth-order valence-corrected chi connectivity index (χ4v) is 2.07. The van der Waals surface area contributed by atoms with E-state index in [-0.39, 0.29) is 0 Å². The van der Waals surface area contributed by atoms with E-state index in [1.807, 2.05) is 5.32 Å². The zero-order chi connectivity index (χ0) is 17.1. The van der Waals surface area contributed by atoms with Gasteiger partial charge in [-0.05, 0) is 24.3 Å².